The summed E-state index contributed by atoms with van der Waals surface area (Å²) in [5, 5.41) is 0. The molecular formula is C14H22N2. The van der Waals surface area contributed by atoms with Gasteiger partial charge < -0.3 is 0 Å². The predicted octanol–water partition coefficient (Wildman–Crippen LogP) is 2.33. The van der Waals surface area contributed by atoms with Crippen LogP contribution in [0, 0.1) is 25.7 Å². The van der Waals surface area contributed by atoms with Crippen LogP contribution in [0.1, 0.15) is 30.0 Å². The molecule has 1 aliphatic carbocycles. The van der Waals surface area contributed by atoms with Gasteiger partial charge in [0, 0.05) is 6.04 Å². The number of nitrogens with two attached hydrogens (primary N) is 1. The monoisotopic (exact) mass is 218 g/mol. The van der Waals surface area contributed by atoms with Gasteiger partial charge in [0.1, 0.15) is 0 Å². The van der Waals surface area contributed by atoms with Gasteiger partial charge in [0.25, 0.3) is 0 Å². The second kappa shape index (κ2) is 4.56. The van der Waals surface area contributed by atoms with Gasteiger partial charge in [0.05, 0.1) is 0 Å². The summed E-state index contributed by atoms with van der Waals surface area (Å²) in [7, 11) is 0. The van der Waals surface area contributed by atoms with Crippen molar-refractivity contribution in [1.29, 1.82) is 0 Å². The molecule has 1 saturated carbocycles. The van der Waals surface area contributed by atoms with E-state index in [-0.39, 0.29) is 0 Å². The van der Waals surface area contributed by atoms with E-state index in [0.29, 0.717) is 6.04 Å². The lowest BCUT2D eigenvalue weighted by Crippen LogP contribution is -2.38. The number of hydrogen-bond donors (Lipinski definition) is 2. The van der Waals surface area contributed by atoms with Crippen LogP contribution in [-0.4, -0.2) is 6.04 Å². The van der Waals surface area contributed by atoms with E-state index in [2.05, 4.69) is 44.4 Å². The lowest BCUT2D eigenvalue weighted by atomic mass is 9.98. The standard InChI is InChI=1S/C14H22N2/c1-9-4-5-12(6-10(9)2)8-14(16-15)13-7-11(13)3/h4-6,11,13-14,16H,7-8,15H2,1-3H3. The predicted molar refractivity (Wildman–Crippen MR) is 68.0 cm³/mol. The molecule has 3 atom stereocenters. The van der Waals surface area contributed by atoms with Crippen molar-refractivity contribution in [2.45, 2.75) is 39.7 Å². The third-order valence-electron chi connectivity index (χ3n) is 3.93. The van der Waals surface area contributed by atoms with E-state index in [1.165, 1.54) is 23.1 Å². The van der Waals surface area contributed by atoms with Crippen molar-refractivity contribution in [2.24, 2.45) is 17.7 Å². The summed E-state index contributed by atoms with van der Waals surface area (Å²) in [5.41, 5.74) is 7.10. The summed E-state index contributed by atoms with van der Waals surface area (Å²) < 4.78 is 0. The largest absolute Gasteiger partial charge is 0.271 e. The zero-order valence-corrected chi connectivity index (χ0v) is 10.5. The van der Waals surface area contributed by atoms with Gasteiger partial charge in [-0.05, 0) is 55.2 Å². The first-order valence-corrected chi connectivity index (χ1v) is 6.14. The second-order valence-corrected chi connectivity index (χ2v) is 5.27. The molecule has 2 nitrogen and oxygen atoms in total. The molecule has 2 rings (SSSR count). The van der Waals surface area contributed by atoms with Crippen LogP contribution < -0.4 is 11.3 Å². The molecule has 0 spiro atoms. The van der Waals surface area contributed by atoms with E-state index < -0.39 is 0 Å². The van der Waals surface area contributed by atoms with Crippen LogP contribution in [0.2, 0.25) is 0 Å². The minimum atomic E-state index is 0.442. The van der Waals surface area contributed by atoms with Crippen LogP contribution >= 0.6 is 0 Å². The molecule has 3 N–H and O–H groups in total. The van der Waals surface area contributed by atoms with Crippen LogP contribution in [0.5, 0.6) is 0 Å². The summed E-state index contributed by atoms with van der Waals surface area (Å²) in [4.78, 5) is 0. The Morgan fingerprint density at radius 3 is 2.56 bits per heavy atom. The first kappa shape index (κ1) is 11.6. The van der Waals surface area contributed by atoms with E-state index in [4.69, 9.17) is 5.84 Å². The van der Waals surface area contributed by atoms with Crippen LogP contribution in [0.4, 0.5) is 0 Å². The van der Waals surface area contributed by atoms with Gasteiger partial charge in [-0.25, -0.2) is 0 Å². The molecule has 1 aromatic carbocycles. The van der Waals surface area contributed by atoms with Gasteiger partial charge in [-0.15, -0.1) is 0 Å². The molecule has 0 radical (unpaired) electrons. The van der Waals surface area contributed by atoms with Crippen LogP contribution in [0.15, 0.2) is 18.2 Å². The highest BCUT2D eigenvalue weighted by Gasteiger charge is 2.38. The molecule has 1 aromatic rings. The van der Waals surface area contributed by atoms with E-state index in [0.717, 1.165) is 18.3 Å². The zero-order valence-electron chi connectivity index (χ0n) is 10.5. The third kappa shape index (κ3) is 2.45. The molecule has 16 heavy (non-hydrogen) atoms. The normalized spacial score (nSPS) is 25.5. The Balaban J connectivity index is 2.04. The van der Waals surface area contributed by atoms with Gasteiger partial charge >= 0.3 is 0 Å². The molecule has 0 bridgehead atoms. The van der Waals surface area contributed by atoms with Gasteiger partial charge in [0.15, 0.2) is 0 Å². The average molecular weight is 218 g/mol. The summed E-state index contributed by atoms with van der Waals surface area (Å²) in [5.74, 6) is 7.25. The maximum absolute atomic E-state index is 5.64. The van der Waals surface area contributed by atoms with Gasteiger partial charge in [0.2, 0.25) is 0 Å². The Bertz CT molecular complexity index is 373. The minimum Gasteiger partial charge on any atom is -0.271 e. The maximum atomic E-state index is 5.64. The molecule has 0 amide bonds. The number of rotatable bonds is 4. The van der Waals surface area contributed by atoms with E-state index in [9.17, 15) is 0 Å². The lowest BCUT2D eigenvalue weighted by Gasteiger charge is -2.16. The Hall–Kier alpha value is -0.860. The van der Waals surface area contributed by atoms with Crippen molar-refractivity contribution in [3.8, 4) is 0 Å². The van der Waals surface area contributed by atoms with Crippen LogP contribution in [-0.2, 0) is 6.42 Å². The number of benzene rings is 1. The Kier molecular flexibility index (Phi) is 3.31. The molecule has 0 aromatic heterocycles. The third-order valence-corrected chi connectivity index (χ3v) is 3.93. The van der Waals surface area contributed by atoms with Gasteiger partial charge in [-0.1, -0.05) is 25.1 Å². The van der Waals surface area contributed by atoms with Gasteiger partial charge in [-0.2, -0.15) is 0 Å². The quantitative estimate of drug-likeness (QED) is 0.601. The smallest absolute Gasteiger partial charge is 0.0281 e. The van der Waals surface area contributed by atoms with Crippen molar-refractivity contribution in [1.82, 2.24) is 5.43 Å². The van der Waals surface area contributed by atoms with E-state index >= 15 is 0 Å². The molecule has 2 heteroatoms. The Morgan fingerprint density at radius 1 is 1.38 bits per heavy atom. The number of hydrogen-bond acceptors (Lipinski definition) is 2. The molecular weight excluding hydrogens is 196 g/mol. The van der Waals surface area contributed by atoms with E-state index in [1.807, 2.05) is 0 Å². The fourth-order valence-electron chi connectivity index (χ4n) is 2.43. The molecule has 0 aliphatic heterocycles. The lowest BCUT2D eigenvalue weighted by molar-refractivity contribution is 0.454. The number of aryl methyl sites for hydroxylation is 2. The summed E-state index contributed by atoms with van der Waals surface area (Å²) in [6, 6.07) is 7.15. The van der Waals surface area contributed by atoms with Crippen molar-refractivity contribution in [2.75, 3.05) is 0 Å². The molecule has 0 saturated heterocycles. The minimum absolute atomic E-state index is 0.442. The van der Waals surface area contributed by atoms with Crippen molar-refractivity contribution in [3.63, 3.8) is 0 Å². The molecule has 88 valence electrons. The maximum Gasteiger partial charge on any atom is 0.0281 e. The second-order valence-electron chi connectivity index (χ2n) is 5.27. The van der Waals surface area contributed by atoms with Crippen molar-refractivity contribution < 1.29 is 0 Å². The average Bonchev–Trinajstić information content (AvgIpc) is 2.97. The van der Waals surface area contributed by atoms with Crippen molar-refractivity contribution in [3.05, 3.63) is 34.9 Å². The zero-order chi connectivity index (χ0) is 11.7. The first-order valence-electron chi connectivity index (χ1n) is 6.14. The highest BCUT2D eigenvalue weighted by molar-refractivity contribution is 5.30. The summed E-state index contributed by atoms with van der Waals surface area (Å²) in [6.45, 7) is 6.62. The highest BCUT2D eigenvalue weighted by atomic mass is 15.2. The number of hydrazine groups is 1. The topological polar surface area (TPSA) is 38.0 Å². The SMILES string of the molecule is Cc1ccc(CC(NN)C2CC2C)cc1C. The molecule has 0 heterocycles. The van der Waals surface area contributed by atoms with Crippen molar-refractivity contribution >= 4 is 0 Å². The Labute approximate surface area is 98.2 Å². The molecule has 3 unspecified atom stereocenters. The van der Waals surface area contributed by atoms with E-state index in [1.54, 1.807) is 0 Å². The summed E-state index contributed by atoms with van der Waals surface area (Å²) in [6.07, 6.45) is 2.37. The van der Waals surface area contributed by atoms with Gasteiger partial charge in [-0.3, -0.25) is 11.3 Å². The molecule has 1 fully saturated rings. The first-order chi connectivity index (χ1) is 7.61. The fraction of sp³-hybridized carbons (Fsp3) is 0.571. The Morgan fingerprint density at radius 2 is 2.06 bits per heavy atom. The molecule has 1 aliphatic rings. The highest BCUT2D eigenvalue weighted by Crippen LogP contribution is 2.41. The fourth-order valence-corrected chi connectivity index (χ4v) is 2.43. The number of nitrogens with one attached hydrogen (secondary N) is 1. The van der Waals surface area contributed by atoms with Crippen LogP contribution in [0.3, 0.4) is 0 Å². The van der Waals surface area contributed by atoms with Crippen LogP contribution in [0.25, 0.3) is 0 Å². The summed E-state index contributed by atoms with van der Waals surface area (Å²) >= 11 is 0.